The summed E-state index contributed by atoms with van der Waals surface area (Å²) < 4.78 is 12.6. The van der Waals surface area contributed by atoms with Crippen LogP contribution in [0.3, 0.4) is 0 Å². The molecule has 0 saturated carbocycles. The largest absolute Gasteiger partial charge is 0.494 e. The van der Waals surface area contributed by atoms with Crippen molar-refractivity contribution in [2.45, 2.75) is 46.6 Å². The van der Waals surface area contributed by atoms with Crippen LogP contribution in [0.1, 0.15) is 41.0 Å². The van der Waals surface area contributed by atoms with Crippen molar-refractivity contribution in [3.8, 4) is 17.0 Å². The van der Waals surface area contributed by atoms with Crippen LogP contribution in [0.4, 0.5) is 23.0 Å². The Morgan fingerprint density at radius 1 is 1.09 bits per heavy atom. The number of ether oxygens (including phenoxy) is 2. The normalized spacial score (nSPS) is 11.2. The van der Waals surface area contributed by atoms with Gasteiger partial charge in [-0.1, -0.05) is 25.1 Å². The average Bonchev–Trinajstić information content (AvgIpc) is 3.28. The molecule has 0 spiro atoms. The maximum Gasteiger partial charge on any atom is 0.303 e. The molecule has 0 fully saturated rings. The third-order valence-corrected chi connectivity index (χ3v) is 6.71. The zero-order valence-corrected chi connectivity index (χ0v) is 27.1. The number of nitrogens with one attached hydrogen (secondary N) is 1. The molecule has 10 heteroatoms. The van der Waals surface area contributed by atoms with E-state index in [1.165, 1.54) is 6.92 Å². The van der Waals surface area contributed by atoms with Gasteiger partial charge >= 0.3 is 5.97 Å². The molecule has 2 aromatic carbocycles. The summed E-state index contributed by atoms with van der Waals surface area (Å²) in [6.45, 7) is 12.0. The summed E-state index contributed by atoms with van der Waals surface area (Å²) in [6, 6.07) is 14.1. The summed E-state index contributed by atoms with van der Waals surface area (Å²) in [5.74, 6) is 0.940. The lowest BCUT2D eigenvalue weighted by Gasteiger charge is -2.25. The smallest absolute Gasteiger partial charge is 0.303 e. The molecule has 0 aliphatic rings. The standard InChI is InChI=1S/C27H35N7O.C6H12O2/c1-6-13-32(2)14-15-33(3)25-17-26(35-5)23(16-21(25)28)31-27-29-12-11-22(30-27)20-18-34(4)24-10-8-7-9-19(20)24;1-5(7)8-6(2,3)4/h7-12,16-18H,6,13-15,28H2,1-5H3,(H,29,30,31);1-4H3. The Hall–Kier alpha value is -4.31. The summed E-state index contributed by atoms with van der Waals surface area (Å²) in [5, 5.41) is 4.45. The second kappa shape index (κ2) is 14.7. The molecule has 0 amide bonds. The van der Waals surface area contributed by atoms with Gasteiger partial charge in [0.05, 0.1) is 29.9 Å². The number of hydrogen-bond acceptors (Lipinski definition) is 9. The second-order valence-electron chi connectivity index (χ2n) is 11.6. The van der Waals surface area contributed by atoms with E-state index < -0.39 is 0 Å². The van der Waals surface area contributed by atoms with Crippen LogP contribution in [-0.4, -0.2) is 71.8 Å². The molecule has 2 heterocycles. The van der Waals surface area contributed by atoms with Crippen LogP contribution < -0.4 is 20.7 Å². The number of aromatic nitrogens is 3. The SMILES string of the molecule is CC(=O)OC(C)(C)C.CCCN(C)CCN(C)c1cc(OC)c(Nc2nccc(-c3cn(C)c4ccccc34)n2)cc1N. The fourth-order valence-corrected chi connectivity index (χ4v) is 4.78. The summed E-state index contributed by atoms with van der Waals surface area (Å²) in [5.41, 5.74) is 11.5. The summed E-state index contributed by atoms with van der Waals surface area (Å²) in [4.78, 5) is 23.9. The highest BCUT2D eigenvalue weighted by atomic mass is 16.6. The fourth-order valence-electron chi connectivity index (χ4n) is 4.78. The quantitative estimate of drug-likeness (QED) is 0.168. The van der Waals surface area contributed by atoms with Crippen molar-refractivity contribution >= 4 is 39.9 Å². The van der Waals surface area contributed by atoms with Gasteiger partial charge in [-0.15, -0.1) is 0 Å². The van der Waals surface area contributed by atoms with E-state index in [0.717, 1.165) is 59.6 Å². The Bertz CT molecular complexity index is 1510. The highest BCUT2D eigenvalue weighted by molar-refractivity contribution is 5.95. The van der Waals surface area contributed by atoms with E-state index >= 15 is 0 Å². The second-order valence-corrected chi connectivity index (χ2v) is 11.6. The first kappa shape index (κ1) is 33.2. The van der Waals surface area contributed by atoms with Crippen LogP contribution in [0.5, 0.6) is 5.75 Å². The highest BCUT2D eigenvalue weighted by Crippen LogP contribution is 2.36. The van der Waals surface area contributed by atoms with E-state index in [2.05, 4.69) is 64.0 Å². The van der Waals surface area contributed by atoms with Gasteiger partial charge in [-0.3, -0.25) is 4.79 Å². The van der Waals surface area contributed by atoms with Gasteiger partial charge in [-0.05, 0) is 59.0 Å². The van der Waals surface area contributed by atoms with Crippen molar-refractivity contribution < 1.29 is 14.3 Å². The molecule has 0 saturated heterocycles. The first-order valence-corrected chi connectivity index (χ1v) is 14.5. The lowest BCUT2D eigenvalue weighted by molar-refractivity contribution is -0.151. The Morgan fingerprint density at radius 3 is 2.44 bits per heavy atom. The monoisotopic (exact) mass is 589 g/mol. The minimum Gasteiger partial charge on any atom is -0.494 e. The number of para-hydroxylation sites is 1. The molecule has 2 aromatic heterocycles. The van der Waals surface area contributed by atoms with E-state index in [0.29, 0.717) is 17.4 Å². The fraction of sp³-hybridized carbons (Fsp3) is 0.424. The number of likely N-dealkylation sites (N-methyl/N-ethyl adjacent to an activating group) is 2. The molecular weight excluding hydrogens is 542 g/mol. The number of methoxy groups -OCH3 is 1. The van der Waals surface area contributed by atoms with Crippen molar-refractivity contribution in [1.29, 1.82) is 0 Å². The Morgan fingerprint density at radius 2 is 1.81 bits per heavy atom. The number of nitrogen functional groups attached to an aromatic ring is 1. The molecule has 0 unspecified atom stereocenters. The summed E-state index contributed by atoms with van der Waals surface area (Å²) in [7, 11) is 7.89. The number of carbonyl (C=O) groups is 1. The number of nitrogens with two attached hydrogens (primary N) is 1. The van der Waals surface area contributed by atoms with Crippen LogP contribution in [-0.2, 0) is 16.6 Å². The number of carbonyl (C=O) groups excluding carboxylic acids is 1. The molecule has 10 nitrogen and oxygen atoms in total. The van der Waals surface area contributed by atoms with Crippen LogP contribution in [0.15, 0.2) is 54.9 Å². The van der Waals surface area contributed by atoms with E-state index in [4.69, 9.17) is 20.2 Å². The number of hydrogen-bond donors (Lipinski definition) is 2. The van der Waals surface area contributed by atoms with Crippen LogP contribution in [0.2, 0.25) is 0 Å². The average molecular weight is 590 g/mol. The van der Waals surface area contributed by atoms with Crippen LogP contribution >= 0.6 is 0 Å². The van der Waals surface area contributed by atoms with Gasteiger partial charge in [0.15, 0.2) is 0 Å². The number of benzene rings is 2. The number of esters is 1. The Kier molecular flexibility index (Phi) is 11.4. The van der Waals surface area contributed by atoms with Gasteiger partial charge in [-0.25, -0.2) is 9.97 Å². The Balaban J connectivity index is 0.000000557. The maximum absolute atomic E-state index is 10.2. The number of aryl methyl sites for hydroxylation is 1. The number of anilines is 4. The molecule has 43 heavy (non-hydrogen) atoms. The van der Waals surface area contributed by atoms with Gasteiger partial charge in [0.25, 0.3) is 0 Å². The van der Waals surface area contributed by atoms with Crippen LogP contribution in [0, 0.1) is 0 Å². The van der Waals surface area contributed by atoms with Crippen molar-refractivity contribution in [3.63, 3.8) is 0 Å². The molecule has 4 rings (SSSR count). The summed E-state index contributed by atoms with van der Waals surface area (Å²) in [6.07, 6.45) is 5.00. The zero-order valence-electron chi connectivity index (χ0n) is 27.1. The van der Waals surface area contributed by atoms with Gasteiger partial charge < -0.3 is 34.9 Å². The predicted molar refractivity (Wildman–Crippen MR) is 177 cm³/mol. The third kappa shape index (κ3) is 9.34. The first-order valence-electron chi connectivity index (χ1n) is 14.5. The Labute approximate surface area is 255 Å². The molecule has 0 aliphatic carbocycles. The van der Waals surface area contributed by atoms with E-state index in [1.54, 1.807) is 13.3 Å². The lowest BCUT2D eigenvalue weighted by Crippen LogP contribution is -2.31. The lowest BCUT2D eigenvalue weighted by atomic mass is 10.1. The van der Waals surface area contributed by atoms with Gasteiger partial charge in [0.2, 0.25) is 5.95 Å². The van der Waals surface area contributed by atoms with Crippen molar-refractivity contribution in [2.24, 2.45) is 7.05 Å². The minimum absolute atomic E-state index is 0.225. The van der Waals surface area contributed by atoms with Gasteiger partial charge in [-0.2, -0.15) is 0 Å². The summed E-state index contributed by atoms with van der Waals surface area (Å²) >= 11 is 0. The van der Waals surface area contributed by atoms with Gasteiger partial charge in [0, 0.05) is 69.0 Å². The molecule has 0 radical (unpaired) electrons. The molecule has 0 atom stereocenters. The van der Waals surface area contributed by atoms with Gasteiger partial charge in [0.1, 0.15) is 11.4 Å². The first-order chi connectivity index (χ1) is 20.3. The van der Waals surface area contributed by atoms with Crippen molar-refractivity contribution in [2.75, 3.05) is 56.8 Å². The minimum atomic E-state index is -0.328. The zero-order chi connectivity index (χ0) is 31.7. The van der Waals surface area contributed by atoms with E-state index in [1.807, 2.05) is 58.2 Å². The topological polar surface area (TPSA) is 111 Å². The predicted octanol–water partition coefficient (Wildman–Crippen LogP) is 6.10. The third-order valence-electron chi connectivity index (χ3n) is 6.71. The number of fused-ring (bicyclic) bond motifs is 1. The molecule has 3 N–H and O–H groups in total. The molecule has 0 bridgehead atoms. The molecular formula is C33H47N7O3. The van der Waals surface area contributed by atoms with E-state index in [-0.39, 0.29) is 11.6 Å². The molecule has 4 aromatic rings. The van der Waals surface area contributed by atoms with Crippen molar-refractivity contribution in [1.82, 2.24) is 19.4 Å². The molecule has 0 aliphatic heterocycles. The highest BCUT2D eigenvalue weighted by Gasteiger charge is 2.15. The molecule has 232 valence electrons. The number of nitrogens with zero attached hydrogens (tertiary/aromatic N) is 5. The van der Waals surface area contributed by atoms with Crippen molar-refractivity contribution in [3.05, 3.63) is 54.9 Å². The maximum atomic E-state index is 10.2. The number of rotatable bonds is 10. The van der Waals surface area contributed by atoms with Crippen LogP contribution in [0.25, 0.3) is 22.2 Å². The van der Waals surface area contributed by atoms with E-state index in [9.17, 15) is 4.79 Å².